The van der Waals surface area contributed by atoms with E-state index in [0.29, 0.717) is 0 Å². The van der Waals surface area contributed by atoms with Gasteiger partial charge in [0.15, 0.2) is 0 Å². The lowest BCUT2D eigenvalue weighted by Gasteiger charge is -2.04. The van der Waals surface area contributed by atoms with Crippen molar-refractivity contribution >= 4 is 27.6 Å². The number of nitrogens with one attached hydrogen (secondary N) is 1. The molecular formula is C9H9BrN2O. The van der Waals surface area contributed by atoms with Crippen LogP contribution in [-0.4, -0.2) is 24.0 Å². The van der Waals surface area contributed by atoms with E-state index in [1.807, 2.05) is 24.3 Å². The first-order valence-electron chi connectivity index (χ1n) is 4.07. The predicted octanol–water partition coefficient (Wildman–Crippen LogP) is 2.30. The predicted molar refractivity (Wildman–Crippen MR) is 54.7 cm³/mol. The highest BCUT2D eigenvalue weighted by molar-refractivity contribution is 9.10. The Kier molecular flexibility index (Phi) is 2.22. The zero-order chi connectivity index (χ0) is 9.26. The number of amides is 2. The molecule has 1 aromatic rings. The third-order valence-electron chi connectivity index (χ3n) is 1.83. The summed E-state index contributed by atoms with van der Waals surface area (Å²) in [6.45, 7) is 1.75. The zero-order valence-corrected chi connectivity index (χ0v) is 8.54. The van der Waals surface area contributed by atoms with E-state index in [0.717, 1.165) is 23.2 Å². The van der Waals surface area contributed by atoms with Crippen LogP contribution in [0.2, 0.25) is 0 Å². The Hall–Kier alpha value is -1.03. The summed E-state index contributed by atoms with van der Waals surface area (Å²) in [5.74, 6) is 0. The molecule has 13 heavy (non-hydrogen) atoms. The van der Waals surface area contributed by atoms with Gasteiger partial charge in [-0.1, -0.05) is 15.9 Å². The van der Waals surface area contributed by atoms with Gasteiger partial charge in [-0.15, -0.1) is 0 Å². The Labute approximate surface area is 84.9 Å². The molecule has 0 spiro atoms. The van der Waals surface area contributed by atoms with Crippen LogP contribution in [0.5, 0.6) is 0 Å². The van der Waals surface area contributed by atoms with Gasteiger partial charge >= 0.3 is 6.03 Å². The van der Waals surface area contributed by atoms with Gasteiger partial charge in [0.25, 0.3) is 0 Å². The maximum atomic E-state index is 11.3. The number of urea groups is 1. The zero-order valence-electron chi connectivity index (χ0n) is 6.96. The number of anilines is 1. The van der Waals surface area contributed by atoms with E-state index in [1.54, 1.807) is 4.90 Å². The van der Waals surface area contributed by atoms with E-state index < -0.39 is 0 Å². The minimum absolute atomic E-state index is 0.0117. The summed E-state index contributed by atoms with van der Waals surface area (Å²) in [6, 6.07) is 7.52. The van der Waals surface area contributed by atoms with Gasteiger partial charge < -0.3 is 10.2 Å². The van der Waals surface area contributed by atoms with Crippen LogP contribution in [0.4, 0.5) is 10.5 Å². The highest BCUT2D eigenvalue weighted by Gasteiger charge is 2.23. The summed E-state index contributed by atoms with van der Waals surface area (Å²) in [4.78, 5) is 13.0. The third kappa shape index (κ3) is 2.21. The smallest absolute Gasteiger partial charge is 0.321 e. The number of carbonyl (C=O) groups excluding carboxylic acids is 1. The van der Waals surface area contributed by atoms with E-state index in [2.05, 4.69) is 21.2 Å². The minimum atomic E-state index is -0.0117. The average molecular weight is 241 g/mol. The highest BCUT2D eigenvalue weighted by atomic mass is 79.9. The van der Waals surface area contributed by atoms with Gasteiger partial charge in [0, 0.05) is 23.2 Å². The van der Waals surface area contributed by atoms with Crippen molar-refractivity contribution in [3.63, 3.8) is 0 Å². The van der Waals surface area contributed by atoms with Crippen molar-refractivity contribution in [1.29, 1.82) is 0 Å². The molecule has 2 amide bonds. The molecule has 1 aliphatic heterocycles. The van der Waals surface area contributed by atoms with E-state index >= 15 is 0 Å². The number of hydrogen-bond acceptors (Lipinski definition) is 1. The molecule has 0 unspecified atom stereocenters. The van der Waals surface area contributed by atoms with Crippen molar-refractivity contribution in [2.24, 2.45) is 0 Å². The molecule has 1 N–H and O–H groups in total. The molecule has 0 aliphatic carbocycles. The van der Waals surface area contributed by atoms with Crippen molar-refractivity contribution in [3.05, 3.63) is 28.7 Å². The second-order valence-electron chi connectivity index (χ2n) is 2.92. The number of nitrogens with zero attached hydrogens (tertiary/aromatic N) is 1. The lowest BCUT2D eigenvalue weighted by atomic mass is 10.3. The maximum Gasteiger partial charge on any atom is 0.321 e. The van der Waals surface area contributed by atoms with Gasteiger partial charge in [0.2, 0.25) is 0 Å². The minimum Gasteiger partial charge on any atom is -0.321 e. The average Bonchev–Trinajstić information content (AvgIpc) is 2.91. The number of hydrogen-bond donors (Lipinski definition) is 1. The summed E-state index contributed by atoms with van der Waals surface area (Å²) in [5.41, 5.74) is 0.833. The summed E-state index contributed by atoms with van der Waals surface area (Å²) >= 11 is 3.33. The van der Waals surface area contributed by atoms with Crippen molar-refractivity contribution in [3.8, 4) is 0 Å². The Bertz CT molecular complexity index is 319. The van der Waals surface area contributed by atoms with Crippen LogP contribution in [-0.2, 0) is 0 Å². The fourth-order valence-corrected chi connectivity index (χ4v) is 1.25. The van der Waals surface area contributed by atoms with Crippen molar-refractivity contribution < 1.29 is 4.79 Å². The van der Waals surface area contributed by atoms with E-state index in [-0.39, 0.29) is 6.03 Å². The lowest BCUT2D eigenvalue weighted by molar-refractivity contribution is 0.242. The Balaban J connectivity index is 2.00. The molecule has 0 radical (unpaired) electrons. The normalized spacial score (nSPS) is 14.1. The van der Waals surface area contributed by atoms with Gasteiger partial charge in [0.1, 0.15) is 0 Å². The molecule has 0 atom stereocenters. The third-order valence-corrected chi connectivity index (χ3v) is 2.36. The molecule has 1 saturated heterocycles. The molecule has 0 bridgehead atoms. The first kappa shape index (κ1) is 8.56. The van der Waals surface area contributed by atoms with Gasteiger partial charge in [-0.25, -0.2) is 4.79 Å². The first-order chi connectivity index (χ1) is 6.25. The van der Waals surface area contributed by atoms with E-state index in [1.165, 1.54) is 0 Å². The van der Waals surface area contributed by atoms with Gasteiger partial charge in [-0.3, -0.25) is 0 Å². The monoisotopic (exact) mass is 240 g/mol. The van der Waals surface area contributed by atoms with Gasteiger partial charge in [-0.2, -0.15) is 0 Å². The largest absolute Gasteiger partial charge is 0.321 e. The van der Waals surface area contributed by atoms with Crippen LogP contribution in [0.1, 0.15) is 0 Å². The first-order valence-corrected chi connectivity index (χ1v) is 4.86. The van der Waals surface area contributed by atoms with E-state index in [4.69, 9.17) is 0 Å². The molecule has 1 aromatic carbocycles. The van der Waals surface area contributed by atoms with Crippen molar-refractivity contribution in [2.45, 2.75) is 0 Å². The molecule has 1 fully saturated rings. The second-order valence-corrected chi connectivity index (χ2v) is 3.84. The van der Waals surface area contributed by atoms with Crippen LogP contribution in [0.25, 0.3) is 0 Å². The fraction of sp³-hybridized carbons (Fsp3) is 0.222. The highest BCUT2D eigenvalue weighted by Crippen LogP contribution is 2.15. The maximum absolute atomic E-state index is 11.3. The Morgan fingerprint density at radius 3 is 2.46 bits per heavy atom. The van der Waals surface area contributed by atoms with Gasteiger partial charge in [-0.05, 0) is 24.3 Å². The molecule has 0 saturated carbocycles. The molecular weight excluding hydrogens is 232 g/mol. The van der Waals surface area contributed by atoms with Crippen LogP contribution in [0.3, 0.4) is 0 Å². The number of rotatable bonds is 1. The van der Waals surface area contributed by atoms with Crippen LogP contribution >= 0.6 is 15.9 Å². The van der Waals surface area contributed by atoms with Crippen LogP contribution < -0.4 is 5.32 Å². The summed E-state index contributed by atoms with van der Waals surface area (Å²) < 4.78 is 1.01. The molecule has 1 heterocycles. The lowest BCUT2D eigenvalue weighted by Crippen LogP contribution is -2.18. The number of benzene rings is 1. The molecule has 3 nitrogen and oxygen atoms in total. The van der Waals surface area contributed by atoms with Crippen LogP contribution in [0, 0.1) is 0 Å². The van der Waals surface area contributed by atoms with Crippen LogP contribution in [0.15, 0.2) is 28.7 Å². The molecule has 1 aliphatic rings. The molecule has 0 aromatic heterocycles. The van der Waals surface area contributed by atoms with Crippen molar-refractivity contribution in [1.82, 2.24) is 4.90 Å². The van der Waals surface area contributed by atoms with Gasteiger partial charge in [0.05, 0.1) is 0 Å². The second kappa shape index (κ2) is 3.38. The summed E-state index contributed by atoms with van der Waals surface area (Å²) in [5, 5.41) is 2.80. The number of carbonyl (C=O) groups is 1. The quantitative estimate of drug-likeness (QED) is 0.751. The van der Waals surface area contributed by atoms with Crippen molar-refractivity contribution in [2.75, 3.05) is 18.4 Å². The standard InChI is InChI=1S/C9H9BrN2O/c10-7-1-3-8(4-2-7)11-9(13)12-5-6-12/h1-4H,5-6H2,(H,11,13). The number of halogens is 1. The van der Waals surface area contributed by atoms with E-state index in [9.17, 15) is 4.79 Å². The molecule has 68 valence electrons. The molecule has 2 rings (SSSR count). The topological polar surface area (TPSA) is 32.1 Å². The Morgan fingerprint density at radius 1 is 1.31 bits per heavy atom. The summed E-state index contributed by atoms with van der Waals surface area (Å²) in [7, 11) is 0. The summed E-state index contributed by atoms with van der Waals surface area (Å²) in [6.07, 6.45) is 0. The SMILES string of the molecule is O=C(Nc1ccc(Br)cc1)N1CC1. The fourth-order valence-electron chi connectivity index (χ4n) is 0.989. The molecule has 4 heteroatoms. The Morgan fingerprint density at radius 2 is 1.92 bits per heavy atom.